The molecule has 1 heterocycles. The summed E-state index contributed by atoms with van der Waals surface area (Å²) in [5, 5.41) is 2.83. The van der Waals surface area contributed by atoms with Crippen molar-refractivity contribution in [1.82, 2.24) is 10.3 Å². The molecule has 0 fully saturated rings. The SMILES string of the molecule is CCCCNC(=O)c1ccnc(OC)c1. The van der Waals surface area contributed by atoms with Crippen LogP contribution >= 0.6 is 0 Å². The molecule has 15 heavy (non-hydrogen) atoms. The Bertz CT molecular complexity index is 326. The van der Waals surface area contributed by atoms with Crippen molar-refractivity contribution in [3.8, 4) is 5.88 Å². The zero-order valence-electron chi connectivity index (χ0n) is 9.12. The fourth-order valence-corrected chi connectivity index (χ4v) is 1.14. The maximum atomic E-state index is 11.6. The molecule has 0 aromatic carbocycles. The smallest absolute Gasteiger partial charge is 0.251 e. The number of hydrogen-bond acceptors (Lipinski definition) is 3. The number of ether oxygens (including phenoxy) is 1. The van der Waals surface area contributed by atoms with Crippen molar-refractivity contribution in [3.05, 3.63) is 23.9 Å². The van der Waals surface area contributed by atoms with Gasteiger partial charge in [0.15, 0.2) is 0 Å². The predicted octanol–water partition coefficient (Wildman–Crippen LogP) is 1.62. The van der Waals surface area contributed by atoms with Gasteiger partial charge in [-0.25, -0.2) is 4.98 Å². The molecule has 0 saturated carbocycles. The average molecular weight is 208 g/mol. The first kappa shape index (κ1) is 11.5. The number of aromatic nitrogens is 1. The Morgan fingerprint density at radius 2 is 2.40 bits per heavy atom. The maximum Gasteiger partial charge on any atom is 0.251 e. The summed E-state index contributed by atoms with van der Waals surface area (Å²) in [4.78, 5) is 15.5. The summed E-state index contributed by atoms with van der Waals surface area (Å²) < 4.78 is 4.94. The van der Waals surface area contributed by atoms with E-state index in [-0.39, 0.29) is 5.91 Å². The van der Waals surface area contributed by atoms with Crippen molar-refractivity contribution in [3.63, 3.8) is 0 Å². The summed E-state index contributed by atoms with van der Waals surface area (Å²) in [5.74, 6) is 0.377. The monoisotopic (exact) mass is 208 g/mol. The Hall–Kier alpha value is -1.58. The van der Waals surface area contributed by atoms with Crippen molar-refractivity contribution in [2.75, 3.05) is 13.7 Å². The first-order valence-electron chi connectivity index (χ1n) is 5.06. The van der Waals surface area contributed by atoms with Crippen LogP contribution in [-0.2, 0) is 0 Å². The number of hydrogen-bond donors (Lipinski definition) is 1. The molecule has 0 bridgehead atoms. The Balaban J connectivity index is 2.57. The van der Waals surface area contributed by atoms with Crippen LogP contribution in [-0.4, -0.2) is 24.5 Å². The molecule has 0 saturated heterocycles. The zero-order chi connectivity index (χ0) is 11.1. The van der Waals surface area contributed by atoms with E-state index in [1.807, 2.05) is 0 Å². The highest BCUT2D eigenvalue weighted by Crippen LogP contribution is 2.08. The lowest BCUT2D eigenvalue weighted by Crippen LogP contribution is -2.24. The highest BCUT2D eigenvalue weighted by atomic mass is 16.5. The van der Waals surface area contributed by atoms with Crippen molar-refractivity contribution in [2.45, 2.75) is 19.8 Å². The van der Waals surface area contributed by atoms with Gasteiger partial charge in [0.25, 0.3) is 5.91 Å². The Kier molecular flexibility index (Phi) is 4.60. The number of carbonyl (C=O) groups is 1. The lowest BCUT2D eigenvalue weighted by molar-refractivity contribution is 0.0952. The lowest BCUT2D eigenvalue weighted by Gasteiger charge is -2.05. The van der Waals surface area contributed by atoms with Crippen molar-refractivity contribution in [1.29, 1.82) is 0 Å². The second-order valence-corrected chi connectivity index (χ2v) is 3.20. The normalized spacial score (nSPS) is 9.73. The summed E-state index contributed by atoms with van der Waals surface area (Å²) >= 11 is 0. The summed E-state index contributed by atoms with van der Waals surface area (Å²) in [6.45, 7) is 2.79. The van der Waals surface area contributed by atoms with Crippen LogP contribution in [0.15, 0.2) is 18.3 Å². The fourth-order valence-electron chi connectivity index (χ4n) is 1.14. The molecule has 0 aliphatic carbocycles. The molecule has 0 atom stereocenters. The van der Waals surface area contributed by atoms with E-state index in [1.165, 1.54) is 7.11 Å². The van der Waals surface area contributed by atoms with Crippen LogP contribution in [0.2, 0.25) is 0 Å². The third-order valence-electron chi connectivity index (χ3n) is 2.02. The van der Waals surface area contributed by atoms with Gasteiger partial charge in [-0.05, 0) is 12.5 Å². The van der Waals surface area contributed by atoms with Crippen LogP contribution in [0.5, 0.6) is 5.88 Å². The van der Waals surface area contributed by atoms with E-state index in [9.17, 15) is 4.79 Å². The van der Waals surface area contributed by atoms with Crippen molar-refractivity contribution >= 4 is 5.91 Å². The first-order valence-corrected chi connectivity index (χ1v) is 5.06. The van der Waals surface area contributed by atoms with Crippen LogP contribution in [0.4, 0.5) is 0 Å². The van der Waals surface area contributed by atoms with E-state index >= 15 is 0 Å². The van der Waals surface area contributed by atoms with Gasteiger partial charge in [0.05, 0.1) is 7.11 Å². The number of amides is 1. The van der Waals surface area contributed by atoms with E-state index < -0.39 is 0 Å². The van der Waals surface area contributed by atoms with E-state index in [4.69, 9.17) is 4.74 Å². The highest BCUT2D eigenvalue weighted by Gasteiger charge is 2.05. The number of rotatable bonds is 5. The Morgan fingerprint density at radius 3 is 3.07 bits per heavy atom. The number of nitrogens with one attached hydrogen (secondary N) is 1. The number of unbranched alkanes of at least 4 members (excludes halogenated alkanes) is 1. The van der Waals surface area contributed by atoms with Gasteiger partial charge in [-0.1, -0.05) is 13.3 Å². The molecule has 4 heteroatoms. The van der Waals surface area contributed by atoms with E-state index in [0.29, 0.717) is 18.0 Å². The number of pyridine rings is 1. The summed E-state index contributed by atoms with van der Waals surface area (Å²) in [6, 6.07) is 3.30. The minimum Gasteiger partial charge on any atom is -0.481 e. The number of nitrogens with zero attached hydrogens (tertiary/aromatic N) is 1. The van der Waals surface area contributed by atoms with E-state index in [0.717, 1.165) is 12.8 Å². The van der Waals surface area contributed by atoms with Gasteiger partial charge in [-0.3, -0.25) is 4.79 Å². The fraction of sp³-hybridized carbons (Fsp3) is 0.455. The molecule has 0 radical (unpaired) electrons. The van der Waals surface area contributed by atoms with Gasteiger partial charge in [0, 0.05) is 24.4 Å². The van der Waals surface area contributed by atoms with Gasteiger partial charge in [0.1, 0.15) is 0 Å². The van der Waals surface area contributed by atoms with Gasteiger partial charge < -0.3 is 10.1 Å². The first-order chi connectivity index (χ1) is 7.27. The second-order valence-electron chi connectivity index (χ2n) is 3.20. The minimum atomic E-state index is -0.0795. The zero-order valence-corrected chi connectivity index (χ0v) is 9.12. The molecule has 4 nitrogen and oxygen atoms in total. The number of carbonyl (C=O) groups excluding carboxylic acids is 1. The van der Waals surface area contributed by atoms with Gasteiger partial charge in [0.2, 0.25) is 5.88 Å². The molecule has 1 aromatic rings. The van der Waals surface area contributed by atoms with Crippen LogP contribution in [0.1, 0.15) is 30.1 Å². The summed E-state index contributed by atoms with van der Waals surface area (Å²) in [5.41, 5.74) is 0.581. The number of methoxy groups -OCH3 is 1. The molecule has 0 aliphatic heterocycles. The molecule has 0 aliphatic rings. The molecule has 1 rings (SSSR count). The predicted molar refractivity (Wildman–Crippen MR) is 58.0 cm³/mol. The minimum absolute atomic E-state index is 0.0795. The summed E-state index contributed by atoms with van der Waals surface area (Å²) in [6.07, 6.45) is 3.63. The Labute approximate surface area is 89.7 Å². The summed E-state index contributed by atoms with van der Waals surface area (Å²) in [7, 11) is 1.53. The topological polar surface area (TPSA) is 51.2 Å². The maximum absolute atomic E-state index is 11.6. The average Bonchev–Trinajstić information content (AvgIpc) is 2.29. The third kappa shape index (κ3) is 3.58. The standard InChI is InChI=1S/C11H16N2O2/c1-3-4-6-13-11(14)9-5-7-12-10(8-9)15-2/h5,7-8H,3-4,6H2,1-2H3,(H,13,14). The molecule has 0 spiro atoms. The molecule has 1 N–H and O–H groups in total. The van der Waals surface area contributed by atoms with Gasteiger partial charge >= 0.3 is 0 Å². The van der Waals surface area contributed by atoms with E-state index in [2.05, 4.69) is 17.2 Å². The third-order valence-corrected chi connectivity index (χ3v) is 2.02. The van der Waals surface area contributed by atoms with Crippen molar-refractivity contribution in [2.24, 2.45) is 0 Å². The molecule has 82 valence electrons. The van der Waals surface area contributed by atoms with E-state index in [1.54, 1.807) is 18.3 Å². The Morgan fingerprint density at radius 1 is 1.60 bits per heavy atom. The highest BCUT2D eigenvalue weighted by molar-refractivity contribution is 5.94. The molecular weight excluding hydrogens is 192 g/mol. The largest absolute Gasteiger partial charge is 0.481 e. The van der Waals surface area contributed by atoms with Crippen LogP contribution in [0.3, 0.4) is 0 Å². The molecule has 1 aromatic heterocycles. The van der Waals surface area contributed by atoms with Crippen LogP contribution in [0, 0.1) is 0 Å². The second kappa shape index (κ2) is 6.01. The molecule has 0 unspecified atom stereocenters. The molecule has 1 amide bonds. The van der Waals surface area contributed by atoms with Crippen molar-refractivity contribution < 1.29 is 9.53 Å². The van der Waals surface area contributed by atoms with Crippen LogP contribution < -0.4 is 10.1 Å². The molecular formula is C11H16N2O2. The quantitative estimate of drug-likeness (QED) is 0.748. The lowest BCUT2D eigenvalue weighted by atomic mass is 10.2. The van der Waals surface area contributed by atoms with Crippen LogP contribution in [0.25, 0.3) is 0 Å². The van der Waals surface area contributed by atoms with Gasteiger partial charge in [-0.15, -0.1) is 0 Å². The van der Waals surface area contributed by atoms with Gasteiger partial charge in [-0.2, -0.15) is 0 Å².